The Kier molecular flexibility index (Phi) is 5.73. The Morgan fingerprint density at radius 3 is 2.21 bits per heavy atom. The average Bonchev–Trinajstić information content (AvgIpc) is 2.72. The number of ether oxygens (including phenoxy) is 1. The van der Waals surface area contributed by atoms with Gasteiger partial charge in [0.15, 0.2) is 9.84 Å². The average molecular weight is 419 g/mol. The van der Waals surface area contributed by atoms with E-state index in [1.807, 2.05) is 0 Å². The molecule has 1 heterocycles. The van der Waals surface area contributed by atoms with Crippen molar-refractivity contribution in [3.63, 3.8) is 0 Å². The summed E-state index contributed by atoms with van der Waals surface area (Å²) in [5.41, 5.74) is 0.629. The van der Waals surface area contributed by atoms with Gasteiger partial charge in [-0.3, -0.25) is 14.9 Å². The second-order valence-electron chi connectivity index (χ2n) is 6.69. The van der Waals surface area contributed by atoms with Crippen molar-refractivity contribution >= 4 is 27.1 Å². The van der Waals surface area contributed by atoms with Gasteiger partial charge >= 0.3 is 0 Å². The summed E-state index contributed by atoms with van der Waals surface area (Å²) in [6, 6.07) is 10.7. The lowest BCUT2D eigenvalue weighted by atomic mass is 10.1. The summed E-state index contributed by atoms with van der Waals surface area (Å²) in [6.45, 7) is 1.60. The lowest BCUT2D eigenvalue weighted by Gasteiger charge is -2.35. The van der Waals surface area contributed by atoms with Gasteiger partial charge in [-0.1, -0.05) is 0 Å². The van der Waals surface area contributed by atoms with E-state index in [9.17, 15) is 23.3 Å². The van der Waals surface area contributed by atoms with E-state index in [-0.39, 0.29) is 16.5 Å². The van der Waals surface area contributed by atoms with Crippen molar-refractivity contribution in [3.05, 3.63) is 58.1 Å². The minimum Gasteiger partial charge on any atom is -0.497 e. The number of nitro groups is 1. The molecule has 1 aliphatic rings. The van der Waals surface area contributed by atoms with E-state index in [2.05, 4.69) is 0 Å². The fraction of sp³-hybridized carbons (Fsp3) is 0.316. The van der Waals surface area contributed by atoms with E-state index < -0.39 is 14.8 Å². The highest BCUT2D eigenvalue weighted by atomic mass is 32.2. The molecule has 1 amide bonds. The Labute approximate surface area is 168 Å². The molecule has 2 aromatic carbocycles. The van der Waals surface area contributed by atoms with E-state index >= 15 is 0 Å². The largest absolute Gasteiger partial charge is 0.497 e. The Morgan fingerprint density at radius 1 is 1.07 bits per heavy atom. The van der Waals surface area contributed by atoms with Crippen molar-refractivity contribution in [2.75, 3.05) is 44.4 Å². The summed E-state index contributed by atoms with van der Waals surface area (Å²) in [4.78, 5) is 26.9. The van der Waals surface area contributed by atoms with Gasteiger partial charge in [-0.25, -0.2) is 8.42 Å². The van der Waals surface area contributed by atoms with Gasteiger partial charge in [-0.15, -0.1) is 0 Å². The van der Waals surface area contributed by atoms with Crippen LogP contribution >= 0.6 is 0 Å². The lowest BCUT2D eigenvalue weighted by Crippen LogP contribution is -2.49. The number of hydrogen-bond donors (Lipinski definition) is 0. The molecule has 10 heteroatoms. The molecule has 29 heavy (non-hydrogen) atoms. The van der Waals surface area contributed by atoms with Gasteiger partial charge in [0.25, 0.3) is 11.6 Å². The predicted molar refractivity (Wildman–Crippen MR) is 107 cm³/mol. The van der Waals surface area contributed by atoms with Crippen LogP contribution in [0.4, 0.5) is 11.4 Å². The summed E-state index contributed by atoms with van der Waals surface area (Å²) in [6.07, 6.45) is 1.01. The second-order valence-corrected chi connectivity index (χ2v) is 8.70. The molecule has 9 nitrogen and oxygen atoms in total. The first-order valence-electron chi connectivity index (χ1n) is 8.87. The lowest BCUT2D eigenvalue weighted by molar-refractivity contribution is -0.384. The van der Waals surface area contributed by atoms with E-state index in [1.165, 1.54) is 12.1 Å². The van der Waals surface area contributed by atoms with E-state index in [1.54, 1.807) is 41.2 Å². The van der Waals surface area contributed by atoms with Crippen LogP contribution in [0.15, 0.2) is 47.4 Å². The zero-order valence-electron chi connectivity index (χ0n) is 16.1. The van der Waals surface area contributed by atoms with Crippen LogP contribution in [0, 0.1) is 10.1 Å². The van der Waals surface area contributed by atoms with Crippen molar-refractivity contribution < 1.29 is 22.9 Å². The normalized spacial score (nSPS) is 14.6. The first-order chi connectivity index (χ1) is 13.7. The third-order valence-corrected chi connectivity index (χ3v) is 5.93. The Morgan fingerprint density at radius 2 is 1.69 bits per heavy atom. The van der Waals surface area contributed by atoms with Crippen LogP contribution in [0.2, 0.25) is 0 Å². The molecular weight excluding hydrogens is 398 g/mol. The van der Waals surface area contributed by atoms with Crippen LogP contribution in [-0.4, -0.2) is 63.7 Å². The molecular formula is C19H21N3O6S. The van der Waals surface area contributed by atoms with Crippen molar-refractivity contribution in [3.8, 4) is 5.75 Å². The highest BCUT2D eigenvalue weighted by Crippen LogP contribution is 2.31. The molecule has 0 spiro atoms. The summed E-state index contributed by atoms with van der Waals surface area (Å²) in [7, 11) is -1.99. The number of amides is 1. The maximum atomic E-state index is 12.7. The molecule has 1 fully saturated rings. The number of benzene rings is 2. The molecule has 0 aliphatic carbocycles. The number of nitro benzene ring substituents is 1. The third kappa shape index (κ3) is 4.48. The van der Waals surface area contributed by atoms with Crippen LogP contribution in [0.25, 0.3) is 0 Å². The Balaban J connectivity index is 1.74. The number of nitrogens with zero attached hydrogens (tertiary/aromatic N) is 3. The first-order valence-corrected chi connectivity index (χ1v) is 10.8. The molecule has 0 atom stereocenters. The maximum absolute atomic E-state index is 12.7. The molecule has 2 aromatic rings. The van der Waals surface area contributed by atoms with E-state index in [4.69, 9.17) is 4.74 Å². The number of hydrogen-bond acceptors (Lipinski definition) is 7. The monoisotopic (exact) mass is 419 g/mol. The van der Waals surface area contributed by atoms with Gasteiger partial charge < -0.3 is 14.5 Å². The smallest absolute Gasteiger partial charge is 0.293 e. The van der Waals surface area contributed by atoms with Crippen LogP contribution in [0.3, 0.4) is 0 Å². The summed E-state index contributed by atoms with van der Waals surface area (Å²) in [5.74, 6) is 0.547. The van der Waals surface area contributed by atoms with Crippen LogP contribution in [0.5, 0.6) is 5.75 Å². The van der Waals surface area contributed by atoms with Gasteiger partial charge in [0.2, 0.25) is 0 Å². The first kappa shape index (κ1) is 20.6. The zero-order chi connectivity index (χ0) is 21.2. The zero-order valence-corrected chi connectivity index (χ0v) is 16.9. The fourth-order valence-electron chi connectivity index (χ4n) is 3.21. The number of methoxy groups -OCH3 is 1. The van der Waals surface area contributed by atoms with Crippen molar-refractivity contribution in [2.45, 2.75) is 4.90 Å². The Hall–Kier alpha value is -3.14. The molecule has 0 saturated carbocycles. The van der Waals surface area contributed by atoms with Crippen LogP contribution in [0.1, 0.15) is 10.4 Å². The summed E-state index contributed by atoms with van der Waals surface area (Å²) in [5, 5.41) is 11.5. The van der Waals surface area contributed by atoms with E-state index in [0.717, 1.165) is 12.3 Å². The van der Waals surface area contributed by atoms with Crippen LogP contribution < -0.4 is 9.64 Å². The number of carbonyl (C=O) groups excluding carboxylic acids is 1. The predicted octanol–water partition coefficient (Wildman–Crippen LogP) is 1.97. The number of rotatable bonds is 5. The standard InChI is InChI=1S/C19H21N3O6S/c1-28-15-5-3-14(4-6-15)19(23)21-11-9-20(10-12-21)17-8-7-16(29(2,26)27)13-18(17)22(24)25/h3-8,13H,9-12H2,1-2H3. The minimum absolute atomic E-state index is 0.0960. The minimum atomic E-state index is -3.55. The summed E-state index contributed by atoms with van der Waals surface area (Å²) < 4.78 is 28.5. The highest BCUT2D eigenvalue weighted by molar-refractivity contribution is 7.90. The molecule has 0 bridgehead atoms. The van der Waals surface area contributed by atoms with Gasteiger partial charge in [0.1, 0.15) is 11.4 Å². The van der Waals surface area contributed by atoms with Crippen molar-refractivity contribution in [1.82, 2.24) is 4.90 Å². The molecule has 154 valence electrons. The topological polar surface area (TPSA) is 110 Å². The maximum Gasteiger partial charge on any atom is 0.293 e. The Bertz CT molecular complexity index is 1030. The molecule has 3 rings (SSSR count). The number of carbonyl (C=O) groups is 1. The molecule has 1 aliphatic heterocycles. The molecule has 0 N–H and O–H groups in total. The van der Waals surface area contributed by atoms with E-state index in [0.29, 0.717) is 43.2 Å². The van der Waals surface area contributed by atoms with Gasteiger partial charge in [-0.2, -0.15) is 0 Å². The van der Waals surface area contributed by atoms with Crippen molar-refractivity contribution in [1.29, 1.82) is 0 Å². The van der Waals surface area contributed by atoms with Crippen molar-refractivity contribution in [2.24, 2.45) is 0 Å². The third-order valence-electron chi connectivity index (χ3n) is 4.82. The summed E-state index contributed by atoms with van der Waals surface area (Å²) >= 11 is 0. The molecule has 1 saturated heterocycles. The SMILES string of the molecule is COc1ccc(C(=O)N2CCN(c3ccc(S(C)(=O)=O)cc3[N+](=O)[O-])CC2)cc1. The van der Waals surface area contributed by atoms with Gasteiger partial charge in [0.05, 0.1) is 16.9 Å². The van der Waals surface area contributed by atoms with Gasteiger partial charge in [-0.05, 0) is 36.4 Å². The van der Waals surface area contributed by atoms with Crippen LogP contribution in [-0.2, 0) is 9.84 Å². The fourth-order valence-corrected chi connectivity index (χ4v) is 3.86. The second kappa shape index (κ2) is 8.08. The molecule has 0 radical (unpaired) electrons. The number of sulfone groups is 1. The number of piperazine rings is 1. The highest BCUT2D eigenvalue weighted by Gasteiger charge is 2.27. The molecule has 0 aromatic heterocycles. The number of anilines is 1. The quantitative estimate of drug-likeness (QED) is 0.538. The molecule has 0 unspecified atom stereocenters. The van der Waals surface area contributed by atoms with Gasteiger partial charge in [0, 0.05) is 44.1 Å².